The Morgan fingerprint density at radius 2 is 1.90 bits per heavy atom. The van der Waals surface area contributed by atoms with Gasteiger partial charge in [0.05, 0.1) is 39.3 Å². The van der Waals surface area contributed by atoms with Crippen LogP contribution in [0, 0.1) is 0 Å². The van der Waals surface area contributed by atoms with Crippen LogP contribution in [-0.4, -0.2) is 69.3 Å². The Hall–Kier alpha value is -3.24. The number of Topliss-reactive ketones (excluding diaryl/α,β-unsaturated/α-hetero) is 1. The summed E-state index contributed by atoms with van der Waals surface area (Å²) in [7, 11) is 1.55. The van der Waals surface area contributed by atoms with Crippen molar-refractivity contribution in [2.45, 2.75) is 6.54 Å². The number of carbonyl (C=O) groups is 1. The van der Waals surface area contributed by atoms with Crippen LogP contribution in [0.3, 0.4) is 0 Å². The fraction of sp³-hybridized carbons (Fsp3) is 0.400. The molecule has 0 radical (unpaired) electrons. The number of aryl methyl sites for hydroxylation is 1. The average molecular weight is 413 g/mol. The Morgan fingerprint density at radius 1 is 1.20 bits per heavy atom. The minimum atomic E-state index is -0.558. The maximum atomic E-state index is 12.9. The van der Waals surface area contributed by atoms with Gasteiger partial charge >= 0.3 is 5.69 Å². The number of imidazole rings is 1. The third-order valence-electron chi connectivity index (χ3n) is 5.60. The number of nitrogens with one attached hydrogen (secondary N) is 2. The number of hydrogen-bond donors (Lipinski definition) is 3. The maximum Gasteiger partial charge on any atom is 0.329 e. The zero-order chi connectivity index (χ0) is 21.3. The molecule has 0 bridgehead atoms. The lowest BCUT2D eigenvalue weighted by Crippen LogP contribution is -3.15. The number of piperazine rings is 1. The quantitative estimate of drug-likeness (QED) is 0.403. The highest BCUT2D eigenvalue weighted by Crippen LogP contribution is 2.20. The standard InChI is InChI=1S/C20H24N6O4/c1-23-17-16(18(29)22-20(23)30)26(13-15(28)14-5-3-2-4-6-14)19(21-17)25-9-7-24(8-10-25)11-12-27/h2-6,27H,7-13H2,1H3,(H,22,29,30)/p+1. The Balaban J connectivity index is 1.77. The number of aromatic amines is 1. The van der Waals surface area contributed by atoms with Crippen molar-refractivity contribution in [1.29, 1.82) is 0 Å². The molecule has 3 aromatic rings. The van der Waals surface area contributed by atoms with Crippen LogP contribution < -0.4 is 21.0 Å². The molecule has 1 aromatic carbocycles. The third kappa shape index (κ3) is 3.66. The first-order valence-corrected chi connectivity index (χ1v) is 9.96. The predicted molar refractivity (Wildman–Crippen MR) is 111 cm³/mol. The smallest absolute Gasteiger partial charge is 0.329 e. The van der Waals surface area contributed by atoms with Crippen molar-refractivity contribution in [3.8, 4) is 0 Å². The lowest BCUT2D eigenvalue weighted by atomic mass is 10.1. The van der Waals surface area contributed by atoms with Crippen molar-refractivity contribution in [3.05, 3.63) is 56.7 Å². The molecule has 1 aliphatic rings. The van der Waals surface area contributed by atoms with Gasteiger partial charge in [-0.05, 0) is 0 Å². The van der Waals surface area contributed by atoms with E-state index in [2.05, 4.69) is 9.97 Å². The molecule has 10 nitrogen and oxygen atoms in total. The molecule has 1 aliphatic heterocycles. The molecule has 0 amide bonds. The van der Waals surface area contributed by atoms with Crippen LogP contribution in [0.2, 0.25) is 0 Å². The highest BCUT2D eigenvalue weighted by atomic mass is 16.3. The van der Waals surface area contributed by atoms with E-state index in [-0.39, 0.29) is 30.1 Å². The van der Waals surface area contributed by atoms with E-state index in [4.69, 9.17) is 0 Å². The molecule has 1 saturated heterocycles. The monoisotopic (exact) mass is 413 g/mol. The molecule has 0 atom stereocenters. The van der Waals surface area contributed by atoms with Gasteiger partial charge in [-0.3, -0.25) is 23.7 Å². The minimum absolute atomic E-state index is 0.0547. The van der Waals surface area contributed by atoms with Crippen molar-refractivity contribution in [1.82, 2.24) is 19.1 Å². The molecule has 1 fully saturated rings. The molecular weight excluding hydrogens is 388 g/mol. The number of aliphatic hydroxyl groups is 1. The number of benzene rings is 1. The molecule has 4 rings (SSSR count). The van der Waals surface area contributed by atoms with Gasteiger partial charge in [0.1, 0.15) is 6.54 Å². The van der Waals surface area contributed by atoms with Gasteiger partial charge in [-0.15, -0.1) is 0 Å². The summed E-state index contributed by atoms with van der Waals surface area (Å²) >= 11 is 0. The summed E-state index contributed by atoms with van der Waals surface area (Å²) in [6.07, 6.45) is 0. The van der Waals surface area contributed by atoms with Gasteiger partial charge in [-0.2, -0.15) is 4.98 Å². The predicted octanol–water partition coefficient (Wildman–Crippen LogP) is -2.00. The van der Waals surface area contributed by atoms with Crippen LogP contribution in [-0.2, 0) is 13.6 Å². The van der Waals surface area contributed by atoms with Gasteiger partial charge in [-0.25, -0.2) is 4.79 Å². The van der Waals surface area contributed by atoms with E-state index in [1.54, 1.807) is 35.9 Å². The van der Waals surface area contributed by atoms with Gasteiger partial charge in [0.2, 0.25) is 5.95 Å². The van der Waals surface area contributed by atoms with E-state index in [0.717, 1.165) is 13.1 Å². The van der Waals surface area contributed by atoms with Gasteiger partial charge in [0.15, 0.2) is 16.9 Å². The Labute approximate surface area is 172 Å². The maximum absolute atomic E-state index is 12.9. The lowest BCUT2D eigenvalue weighted by molar-refractivity contribution is -0.900. The van der Waals surface area contributed by atoms with E-state index in [1.165, 1.54) is 9.47 Å². The number of ketones is 1. The molecule has 0 aliphatic carbocycles. The number of aliphatic hydroxyl groups excluding tert-OH is 1. The Morgan fingerprint density at radius 3 is 2.57 bits per heavy atom. The van der Waals surface area contributed by atoms with Crippen molar-refractivity contribution in [3.63, 3.8) is 0 Å². The number of fused-ring (bicyclic) bond motifs is 1. The number of quaternary nitrogens is 1. The molecule has 3 N–H and O–H groups in total. The first-order valence-electron chi connectivity index (χ1n) is 9.96. The molecular formula is C20H25N6O4+. The van der Waals surface area contributed by atoms with Crippen LogP contribution in [0.15, 0.2) is 39.9 Å². The molecule has 0 unspecified atom stereocenters. The van der Waals surface area contributed by atoms with Gasteiger partial charge < -0.3 is 14.9 Å². The second kappa shape index (κ2) is 8.25. The summed E-state index contributed by atoms with van der Waals surface area (Å²) < 4.78 is 2.90. The zero-order valence-electron chi connectivity index (χ0n) is 16.8. The van der Waals surface area contributed by atoms with Crippen molar-refractivity contribution < 1.29 is 14.8 Å². The molecule has 3 heterocycles. The Bertz CT molecular complexity index is 1170. The van der Waals surface area contributed by atoms with Crippen LogP contribution in [0.4, 0.5) is 5.95 Å². The molecule has 0 saturated carbocycles. The van der Waals surface area contributed by atoms with E-state index in [1.807, 2.05) is 11.0 Å². The fourth-order valence-electron chi connectivity index (χ4n) is 3.90. The average Bonchev–Trinajstić information content (AvgIpc) is 3.13. The molecule has 30 heavy (non-hydrogen) atoms. The number of nitrogens with zero attached hydrogens (tertiary/aromatic N) is 4. The number of H-pyrrole nitrogens is 1. The summed E-state index contributed by atoms with van der Waals surface area (Å²) in [6, 6.07) is 8.89. The zero-order valence-corrected chi connectivity index (χ0v) is 16.8. The number of rotatable bonds is 6. The van der Waals surface area contributed by atoms with Crippen LogP contribution in [0.25, 0.3) is 11.2 Å². The summed E-state index contributed by atoms with van der Waals surface area (Å²) in [5.41, 5.74) is -0.0948. The highest BCUT2D eigenvalue weighted by Gasteiger charge is 2.27. The lowest BCUT2D eigenvalue weighted by Gasteiger charge is -2.32. The number of aromatic nitrogens is 4. The van der Waals surface area contributed by atoms with Gasteiger partial charge in [0.25, 0.3) is 5.56 Å². The largest absolute Gasteiger partial charge is 0.391 e. The summed E-state index contributed by atoms with van der Waals surface area (Å²) in [5, 5.41) is 9.18. The topological polar surface area (TPSA) is 118 Å². The second-order valence-corrected chi connectivity index (χ2v) is 7.49. The first kappa shape index (κ1) is 20.0. The van der Waals surface area contributed by atoms with E-state index < -0.39 is 11.2 Å². The third-order valence-corrected chi connectivity index (χ3v) is 5.60. The minimum Gasteiger partial charge on any atom is -0.391 e. The summed E-state index contributed by atoms with van der Waals surface area (Å²) in [5.74, 6) is 0.359. The number of hydrogen-bond acceptors (Lipinski definition) is 6. The Kier molecular flexibility index (Phi) is 5.51. The van der Waals surface area contributed by atoms with E-state index >= 15 is 0 Å². The molecule has 0 spiro atoms. The van der Waals surface area contributed by atoms with Gasteiger partial charge in [-0.1, -0.05) is 30.3 Å². The van der Waals surface area contributed by atoms with Crippen LogP contribution in [0.1, 0.15) is 10.4 Å². The fourth-order valence-corrected chi connectivity index (χ4v) is 3.90. The normalized spacial score (nSPS) is 15.1. The highest BCUT2D eigenvalue weighted by molar-refractivity contribution is 5.96. The van der Waals surface area contributed by atoms with Gasteiger partial charge in [0, 0.05) is 12.6 Å². The molecule has 2 aromatic heterocycles. The van der Waals surface area contributed by atoms with Crippen molar-refractivity contribution >= 4 is 22.9 Å². The number of carbonyl (C=O) groups excluding carboxylic acids is 1. The van der Waals surface area contributed by atoms with Crippen LogP contribution in [0.5, 0.6) is 0 Å². The second-order valence-electron chi connectivity index (χ2n) is 7.49. The van der Waals surface area contributed by atoms with Crippen molar-refractivity contribution in [2.75, 3.05) is 44.2 Å². The molecule has 158 valence electrons. The van der Waals surface area contributed by atoms with Crippen molar-refractivity contribution in [2.24, 2.45) is 7.05 Å². The summed E-state index contributed by atoms with van der Waals surface area (Å²) in [6.45, 7) is 3.73. The first-order chi connectivity index (χ1) is 14.5. The number of anilines is 1. The molecule has 10 heteroatoms. The van der Waals surface area contributed by atoms with E-state index in [0.29, 0.717) is 31.1 Å². The SMILES string of the molecule is Cn1c(=O)[nH]c(=O)c2c1nc(N1CC[NH+](CCO)CC1)n2CC(=O)c1ccccc1. The van der Waals surface area contributed by atoms with E-state index in [9.17, 15) is 19.5 Å². The van der Waals surface area contributed by atoms with Crippen LogP contribution >= 0.6 is 0 Å². The summed E-state index contributed by atoms with van der Waals surface area (Å²) in [4.78, 5) is 47.8.